The van der Waals surface area contributed by atoms with Crippen molar-refractivity contribution in [2.75, 3.05) is 6.54 Å². The first-order valence-corrected chi connectivity index (χ1v) is 20.9. The van der Waals surface area contributed by atoms with Crippen LogP contribution in [0.2, 0.25) is 9.36 Å². The molecule has 4 aliphatic rings. The van der Waals surface area contributed by atoms with Crippen molar-refractivity contribution in [3.05, 3.63) is 62.7 Å². The van der Waals surface area contributed by atoms with Crippen LogP contribution in [0.15, 0.2) is 40.6 Å². The second-order valence-corrected chi connectivity index (χ2v) is 19.1. The van der Waals surface area contributed by atoms with E-state index in [0.29, 0.717) is 48.1 Å². The minimum Gasteiger partial charge on any atom is -0.444 e. The van der Waals surface area contributed by atoms with Gasteiger partial charge >= 0.3 is 12.2 Å². The number of benzene rings is 1. The van der Waals surface area contributed by atoms with Crippen LogP contribution in [0, 0.1) is 11.7 Å². The number of carbonyl (C=O) groups excluding carboxylic acids is 5. The number of sulfonamides is 1. The molecule has 19 heteroatoms. The zero-order valence-electron chi connectivity index (χ0n) is 30.4. The Morgan fingerprint density at radius 3 is 2.56 bits per heavy atom. The Morgan fingerprint density at radius 2 is 1.87 bits per heavy atom. The van der Waals surface area contributed by atoms with Crippen molar-refractivity contribution in [3.63, 3.8) is 0 Å². The van der Waals surface area contributed by atoms with E-state index in [0.717, 1.165) is 6.07 Å². The number of nitrogens with one attached hydrogen (secondary N) is 3. The minimum atomic E-state index is -4.44. The van der Waals surface area contributed by atoms with Gasteiger partial charge in [-0.25, -0.2) is 27.1 Å². The second kappa shape index (κ2) is 15.9. The number of ether oxygens (including phenoxy) is 2. The van der Waals surface area contributed by atoms with Crippen LogP contribution in [0.1, 0.15) is 76.8 Å². The van der Waals surface area contributed by atoms with Crippen molar-refractivity contribution in [1.29, 1.82) is 0 Å². The second-order valence-electron chi connectivity index (χ2n) is 15.1. The van der Waals surface area contributed by atoms with E-state index in [1.165, 1.54) is 15.9 Å². The number of allylic oxidation sites excluding steroid dienone is 1. The van der Waals surface area contributed by atoms with Crippen LogP contribution in [0.5, 0.6) is 0 Å². The Kier molecular flexibility index (Phi) is 11.8. The molecule has 4 heterocycles. The summed E-state index contributed by atoms with van der Waals surface area (Å²) in [7, 11) is -4.44. The molecule has 3 aliphatic heterocycles. The standard InChI is InChI=1S/C36H42Cl2FN5O9S2/c1-35(2,3)53-33(48)40-26-13-8-6-4-5-7-11-21-16-36(21,32(47)42-55(50,51)28-15-24(37)29(38)54-28)41-30(45)27-14-22(18-44(27)31(26)46)52-34(49)43-17-20-10-9-12-25(39)23(20)19-43/h7,9-12,15,21-22,26-27H,4-6,8,13-14,16-19H2,1-3H3,(H,40,48)(H,41,45)(H,42,47)/t21-,22-,26+,27+,36-/m1/s1. The molecule has 1 saturated carbocycles. The van der Waals surface area contributed by atoms with Crippen LogP contribution in [0.3, 0.4) is 0 Å². The summed E-state index contributed by atoms with van der Waals surface area (Å²) in [6, 6.07) is 3.26. The maximum Gasteiger partial charge on any atom is 0.410 e. The summed E-state index contributed by atoms with van der Waals surface area (Å²) in [4.78, 5) is 71.3. The lowest BCUT2D eigenvalue weighted by Crippen LogP contribution is -2.58. The van der Waals surface area contributed by atoms with Gasteiger partial charge in [0.15, 0.2) is 0 Å². The first-order valence-electron chi connectivity index (χ1n) is 17.9. The largest absolute Gasteiger partial charge is 0.444 e. The van der Waals surface area contributed by atoms with E-state index in [9.17, 15) is 36.8 Å². The number of hydrogen-bond acceptors (Lipinski definition) is 10. The molecule has 5 amide bonds. The summed E-state index contributed by atoms with van der Waals surface area (Å²) in [6.45, 7) is 4.88. The van der Waals surface area contributed by atoms with E-state index in [1.54, 1.807) is 39.0 Å². The Bertz CT molecular complexity index is 2000. The molecule has 3 N–H and O–H groups in total. The summed E-state index contributed by atoms with van der Waals surface area (Å²) < 4.78 is 53.9. The summed E-state index contributed by atoms with van der Waals surface area (Å²) in [5.74, 6) is -3.45. The molecule has 0 unspecified atom stereocenters. The monoisotopic (exact) mass is 841 g/mol. The highest BCUT2D eigenvalue weighted by Gasteiger charge is 2.62. The third kappa shape index (κ3) is 9.21. The van der Waals surface area contributed by atoms with E-state index in [2.05, 4.69) is 15.4 Å². The Morgan fingerprint density at radius 1 is 1.11 bits per heavy atom. The van der Waals surface area contributed by atoms with Crippen molar-refractivity contribution in [3.8, 4) is 0 Å². The number of amides is 5. The van der Waals surface area contributed by atoms with Gasteiger partial charge in [-0.3, -0.25) is 19.3 Å². The summed E-state index contributed by atoms with van der Waals surface area (Å²) >= 11 is 12.6. The number of carbonyl (C=O) groups is 5. The van der Waals surface area contributed by atoms with Gasteiger partial charge in [0.2, 0.25) is 11.8 Å². The van der Waals surface area contributed by atoms with Gasteiger partial charge in [0.1, 0.15) is 43.7 Å². The molecule has 0 bridgehead atoms. The predicted molar refractivity (Wildman–Crippen MR) is 200 cm³/mol. The highest BCUT2D eigenvalue weighted by Crippen LogP contribution is 2.46. The quantitative estimate of drug-likeness (QED) is 0.332. The highest BCUT2D eigenvalue weighted by molar-refractivity contribution is 7.92. The number of halogens is 3. The molecule has 2 aromatic rings. The lowest BCUT2D eigenvalue weighted by molar-refractivity contribution is -0.141. The average molecular weight is 843 g/mol. The van der Waals surface area contributed by atoms with Crippen LogP contribution in [-0.2, 0) is 47.0 Å². The topological polar surface area (TPSA) is 181 Å². The third-order valence-electron chi connectivity index (χ3n) is 9.90. The van der Waals surface area contributed by atoms with Crippen molar-refractivity contribution in [2.24, 2.45) is 5.92 Å². The zero-order chi connectivity index (χ0) is 39.9. The number of rotatable bonds is 5. The van der Waals surface area contributed by atoms with Crippen molar-refractivity contribution in [2.45, 2.75) is 112 Å². The van der Waals surface area contributed by atoms with Crippen LogP contribution in [-0.4, -0.2) is 84.0 Å². The predicted octanol–water partition coefficient (Wildman–Crippen LogP) is 5.41. The fraction of sp³-hybridized carbons (Fsp3) is 0.528. The highest BCUT2D eigenvalue weighted by atomic mass is 35.5. The van der Waals surface area contributed by atoms with Gasteiger partial charge in [0, 0.05) is 24.4 Å². The van der Waals surface area contributed by atoms with Gasteiger partial charge in [-0.05, 0) is 64.2 Å². The van der Waals surface area contributed by atoms with E-state index in [-0.39, 0.29) is 52.5 Å². The Hall–Kier alpha value is -3.93. The smallest absolute Gasteiger partial charge is 0.410 e. The summed E-state index contributed by atoms with van der Waals surface area (Å²) in [5, 5.41) is 5.39. The normalized spacial score (nSPS) is 25.8. The van der Waals surface area contributed by atoms with Gasteiger partial charge in [0.25, 0.3) is 15.9 Å². The van der Waals surface area contributed by atoms with Crippen molar-refractivity contribution >= 4 is 74.5 Å². The summed E-state index contributed by atoms with van der Waals surface area (Å²) in [6.07, 6.45) is 3.67. The fourth-order valence-corrected chi connectivity index (χ4v) is 9.98. The molecule has 1 saturated heterocycles. The van der Waals surface area contributed by atoms with Crippen LogP contribution >= 0.6 is 34.5 Å². The van der Waals surface area contributed by atoms with Gasteiger partial charge in [-0.2, -0.15) is 0 Å². The fourth-order valence-electron chi connectivity index (χ4n) is 7.06. The molecule has 1 aromatic heterocycles. The number of thiophene rings is 1. The summed E-state index contributed by atoms with van der Waals surface area (Å²) in [5.41, 5.74) is -1.56. The number of fused-ring (bicyclic) bond motifs is 3. The Labute approximate surface area is 332 Å². The van der Waals surface area contributed by atoms with Gasteiger partial charge < -0.3 is 25.0 Å². The van der Waals surface area contributed by atoms with E-state index in [1.807, 2.05) is 6.08 Å². The number of alkyl carbamates (subject to hydrolysis) is 1. The average Bonchev–Trinajstić information content (AvgIpc) is 3.39. The molecule has 2 fully saturated rings. The molecular weight excluding hydrogens is 800 g/mol. The molecule has 298 valence electrons. The maximum absolute atomic E-state index is 14.4. The van der Waals surface area contributed by atoms with E-state index >= 15 is 0 Å². The molecule has 0 radical (unpaired) electrons. The number of hydrogen-bond donors (Lipinski definition) is 3. The molecule has 0 spiro atoms. The lowest BCUT2D eigenvalue weighted by atomic mass is 10.0. The van der Waals surface area contributed by atoms with Crippen molar-refractivity contribution < 1.29 is 46.3 Å². The molecule has 14 nitrogen and oxygen atoms in total. The van der Waals surface area contributed by atoms with Gasteiger partial charge in [-0.1, -0.05) is 60.3 Å². The zero-order valence-corrected chi connectivity index (χ0v) is 33.5. The first kappa shape index (κ1) is 40.7. The minimum absolute atomic E-state index is 0.00533. The molecule has 1 aromatic carbocycles. The third-order valence-corrected chi connectivity index (χ3v) is 13.6. The molecule has 6 rings (SSSR count). The van der Waals surface area contributed by atoms with Crippen LogP contribution in [0.25, 0.3) is 0 Å². The lowest BCUT2D eigenvalue weighted by Gasteiger charge is -2.30. The maximum atomic E-state index is 14.4. The molecule has 1 aliphatic carbocycles. The van der Waals surface area contributed by atoms with Gasteiger partial charge in [-0.15, -0.1) is 11.3 Å². The SMILES string of the molecule is CC(C)(C)OC(=O)N[C@H]1CCCCCC=C[C@@H]2C[C@@]2(C(=O)NS(=O)(=O)c2cc(Cl)c(Cl)s2)NC(=O)[C@@H]2C[C@@H](OC(=O)N3Cc4cccc(F)c4C3)CN2C1=O. The first-order chi connectivity index (χ1) is 25.9. The number of nitrogens with zero attached hydrogens (tertiary/aromatic N) is 2. The van der Waals surface area contributed by atoms with E-state index in [4.69, 9.17) is 32.7 Å². The molecule has 55 heavy (non-hydrogen) atoms. The van der Waals surface area contributed by atoms with Crippen molar-refractivity contribution in [1.82, 2.24) is 25.2 Å². The van der Waals surface area contributed by atoms with Crippen LogP contribution < -0.4 is 15.4 Å². The molecular formula is C36H42Cl2FN5O9S2. The van der Waals surface area contributed by atoms with Crippen LogP contribution in [0.4, 0.5) is 14.0 Å². The van der Waals surface area contributed by atoms with Gasteiger partial charge in [0.05, 0.1) is 18.1 Å². The van der Waals surface area contributed by atoms with E-state index < -0.39 is 81.0 Å². The Balaban J connectivity index is 1.27. The molecule has 5 atom stereocenters.